The van der Waals surface area contributed by atoms with Crippen molar-refractivity contribution in [1.29, 1.82) is 0 Å². The molecule has 20 heavy (non-hydrogen) atoms. The van der Waals surface area contributed by atoms with Crippen LogP contribution in [0.3, 0.4) is 0 Å². The van der Waals surface area contributed by atoms with Crippen molar-refractivity contribution in [3.05, 3.63) is 71.8 Å². The molecule has 0 aliphatic heterocycles. The van der Waals surface area contributed by atoms with Gasteiger partial charge in [-0.1, -0.05) is 48.5 Å². The van der Waals surface area contributed by atoms with Crippen LogP contribution in [0, 0.1) is 0 Å². The van der Waals surface area contributed by atoms with E-state index in [9.17, 15) is 9.90 Å². The van der Waals surface area contributed by atoms with Crippen molar-refractivity contribution in [2.24, 2.45) is 5.10 Å². The van der Waals surface area contributed by atoms with Gasteiger partial charge >= 0.3 is 0 Å². The lowest BCUT2D eigenvalue weighted by molar-refractivity contribution is 0.0952. The number of hydrogen-bond acceptors (Lipinski definition) is 3. The summed E-state index contributed by atoms with van der Waals surface area (Å²) in [5, 5.41) is 13.3. The number of aromatic hydroxyl groups is 1. The Labute approximate surface area is 117 Å². The van der Waals surface area contributed by atoms with Crippen LogP contribution in [0.4, 0.5) is 0 Å². The first-order chi connectivity index (χ1) is 9.77. The predicted octanol–water partition coefficient (Wildman–Crippen LogP) is 2.82. The third kappa shape index (κ3) is 3.81. The van der Waals surface area contributed by atoms with E-state index in [-0.39, 0.29) is 11.3 Å². The molecule has 0 saturated heterocycles. The van der Waals surface area contributed by atoms with Crippen molar-refractivity contribution in [1.82, 2.24) is 5.43 Å². The maximum Gasteiger partial charge on any atom is 0.275 e. The average Bonchev–Trinajstić information content (AvgIpc) is 2.48. The number of allylic oxidation sites excluding steroid dienone is 1. The zero-order valence-electron chi connectivity index (χ0n) is 10.7. The Balaban J connectivity index is 1.89. The predicted molar refractivity (Wildman–Crippen MR) is 79.5 cm³/mol. The number of para-hydroxylation sites is 1. The number of hydrazone groups is 1. The second-order valence-corrected chi connectivity index (χ2v) is 4.01. The summed E-state index contributed by atoms with van der Waals surface area (Å²) in [6.45, 7) is 0. The Bertz CT molecular complexity index is 634. The van der Waals surface area contributed by atoms with Gasteiger partial charge in [0.2, 0.25) is 0 Å². The maximum atomic E-state index is 11.7. The summed E-state index contributed by atoms with van der Waals surface area (Å²) in [6.07, 6.45) is 5.07. The molecule has 0 aliphatic carbocycles. The highest BCUT2D eigenvalue weighted by Crippen LogP contribution is 2.14. The van der Waals surface area contributed by atoms with Crippen LogP contribution in [0.1, 0.15) is 15.9 Å². The molecule has 0 fully saturated rings. The van der Waals surface area contributed by atoms with E-state index in [1.54, 1.807) is 18.2 Å². The summed E-state index contributed by atoms with van der Waals surface area (Å²) in [6, 6.07) is 16.1. The van der Waals surface area contributed by atoms with Gasteiger partial charge in [-0.2, -0.15) is 5.10 Å². The third-order valence-corrected chi connectivity index (χ3v) is 2.56. The average molecular weight is 266 g/mol. The first-order valence-electron chi connectivity index (χ1n) is 6.10. The summed E-state index contributed by atoms with van der Waals surface area (Å²) >= 11 is 0. The van der Waals surface area contributed by atoms with Gasteiger partial charge < -0.3 is 5.11 Å². The molecule has 2 rings (SSSR count). The van der Waals surface area contributed by atoms with Gasteiger partial charge in [0.25, 0.3) is 5.91 Å². The minimum atomic E-state index is -0.451. The van der Waals surface area contributed by atoms with E-state index in [2.05, 4.69) is 10.5 Å². The summed E-state index contributed by atoms with van der Waals surface area (Å²) in [5.74, 6) is -0.521. The second kappa shape index (κ2) is 6.89. The number of benzene rings is 2. The van der Waals surface area contributed by atoms with E-state index >= 15 is 0 Å². The number of phenols is 1. The largest absolute Gasteiger partial charge is 0.507 e. The molecule has 0 saturated carbocycles. The van der Waals surface area contributed by atoms with Crippen LogP contribution in [-0.2, 0) is 0 Å². The minimum absolute atomic E-state index is 0.0694. The zero-order chi connectivity index (χ0) is 14.2. The van der Waals surface area contributed by atoms with Gasteiger partial charge in [-0.3, -0.25) is 4.79 Å². The Kier molecular flexibility index (Phi) is 4.67. The Morgan fingerprint density at radius 2 is 1.75 bits per heavy atom. The Morgan fingerprint density at radius 1 is 1.05 bits per heavy atom. The molecule has 2 aromatic carbocycles. The summed E-state index contributed by atoms with van der Waals surface area (Å²) < 4.78 is 0. The lowest BCUT2D eigenvalue weighted by Crippen LogP contribution is -2.17. The number of amides is 1. The van der Waals surface area contributed by atoms with Crippen molar-refractivity contribution in [3.8, 4) is 5.75 Å². The van der Waals surface area contributed by atoms with Crippen molar-refractivity contribution < 1.29 is 9.90 Å². The summed E-state index contributed by atoms with van der Waals surface area (Å²) in [4.78, 5) is 11.7. The minimum Gasteiger partial charge on any atom is -0.507 e. The highest BCUT2D eigenvalue weighted by Gasteiger charge is 2.07. The number of phenolic OH excluding ortho intramolecular Hbond substituents is 1. The van der Waals surface area contributed by atoms with E-state index in [0.717, 1.165) is 5.56 Å². The van der Waals surface area contributed by atoms with Crippen molar-refractivity contribution in [3.63, 3.8) is 0 Å². The van der Waals surface area contributed by atoms with Crippen LogP contribution in [0.2, 0.25) is 0 Å². The van der Waals surface area contributed by atoms with E-state index < -0.39 is 5.91 Å². The van der Waals surface area contributed by atoms with Crippen LogP contribution in [0.5, 0.6) is 5.75 Å². The van der Waals surface area contributed by atoms with E-state index in [1.807, 2.05) is 36.4 Å². The quantitative estimate of drug-likeness (QED) is 0.660. The summed E-state index contributed by atoms with van der Waals surface area (Å²) in [7, 11) is 0. The molecule has 0 bridgehead atoms. The molecule has 4 nitrogen and oxygen atoms in total. The molecule has 0 heterocycles. The van der Waals surface area contributed by atoms with Gasteiger partial charge in [-0.25, -0.2) is 5.43 Å². The second-order valence-electron chi connectivity index (χ2n) is 4.01. The van der Waals surface area contributed by atoms with Gasteiger partial charge in [-0.05, 0) is 23.8 Å². The van der Waals surface area contributed by atoms with E-state index in [4.69, 9.17) is 0 Å². The first kappa shape index (κ1) is 13.5. The van der Waals surface area contributed by atoms with Crippen LogP contribution < -0.4 is 5.43 Å². The van der Waals surface area contributed by atoms with Crippen molar-refractivity contribution >= 4 is 18.2 Å². The number of nitrogens with zero attached hydrogens (tertiary/aromatic N) is 1. The molecule has 100 valence electrons. The lowest BCUT2D eigenvalue weighted by atomic mass is 10.2. The summed E-state index contributed by atoms with van der Waals surface area (Å²) in [5.41, 5.74) is 3.58. The fourth-order valence-electron chi connectivity index (χ4n) is 1.58. The fourth-order valence-corrected chi connectivity index (χ4v) is 1.58. The number of carbonyl (C=O) groups is 1. The number of rotatable bonds is 4. The smallest absolute Gasteiger partial charge is 0.275 e. The van der Waals surface area contributed by atoms with Crippen molar-refractivity contribution in [2.45, 2.75) is 0 Å². The zero-order valence-corrected chi connectivity index (χ0v) is 10.7. The van der Waals surface area contributed by atoms with E-state index in [1.165, 1.54) is 18.3 Å². The highest BCUT2D eigenvalue weighted by molar-refractivity contribution is 5.97. The standard InChI is InChI=1S/C16H14N2O2/c19-15-11-5-4-10-14(15)16(20)18-17-12-6-9-13-7-2-1-3-8-13/h1-12,19H,(H,18,20)/b9-6-,17-12+. The molecule has 4 heteroatoms. The number of carbonyl (C=O) groups excluding carboxylic acids is 1. The normalized spacial score (nSPS) is 11.0. The molecule has 2 N–H and O–H groups in total. The van der Waals surface area contributed by atoms with Crippen molar-refractivity contribution in [2.75, 3.05) is 0 Å². The van der Waals surface area contributed by atoms with Gasteiger partial charge in [0.15, 0.2) is 0 Å². The molecule has 0 unspecified atom stereocenters. The van der Waals surface area contributed by atoms with Crippen LogP contribution in [0.25, 0.3) is 6.08 Å². The van der Waals surface area contributed by atoms with Gasteiger partial charge in [0.05, 0.1) is 5.56 Å². The Morgan fingerprint density at radius 3 is 2.50 bits per heavy atom. The monoisotopic (exact) mass is 266 g/mol. The maximum absolute atomic E-state index is 11.7. The molecule has 0 spiro atoms. The van der Waals surface area contributed by atoms with Gasteiger partial charge in [-0.15, -0.1) is 0 Å². The molecule has 2 aromatic rings. The number of hydrogen-bond donors (Lipinski definition) is 2. The van der Waals surface area contributed by atoms with Gasteiger partial charge in [0, 0.05) is 6.21 Å². The Hall–Kier alpha value is -2.88. The molecule has 0 aromatic heterocycles. The molecule has 0 aliphatic rings. The van der Waals surface area contributed by atoms with E-state index in [0.29, 0.717) is 0 Å². The molecular formula is C16H14N2O2. The first-order valence-corrected chi connectivity index (χ1v) is 6.10. The fraction of sp³-hybridized carbons (Fsp3) is 0. The lowest BCUT2D eigenvalue weighted by Gasteiger charge is -2.01. The SMILES string of the molecule is O=C(N/N=C/C=C\c1ccccc1)c1ccccc1O. The van der Waals surface area contributed by atoms with Gasteiger partial charge in [0.1, 0.15) is 5.75 Å². The number of nitrogens with one attached hydrogen (secondary N) is 1. The van der Waals surface area contributed by atoms with Crippen LogP contribution in [-0.4, -0.2) is 17.2 Å². The molecule has 0 atom stereocenters. The molecule has 1 amide bonds. The topological polar surface area (TPSA) is 61.7 Å². The highest BCUT2D eigenvalue weighted by atomic mass is 16.3. The van der Waals surface area contributed by atoms with Crippen LogP contribution in [0.15, 0.2) is 65.8 Å². The van der Waals surface area contributed by atoms with Crippen LogP contribution >= 0.6 is 0 Å². The molecule has 0 radical (unpaired) electrons. The third-order valence-electron chi connectivity index (χ3n) is 2.56. The molecular weight excluding hydrogens is 252 g/mol.